The number of ether oxygens (including phenoxy) is 1. The molecule has 0 aromatic carbocycles. The lowest BCUT2D eigenvalue weighted by atomic mass is 9.61. The first-order valence-corrected chi connectivity index (χ1v) is 13.5. The fraction of sp³-hybridized carbons (Fsp3) is 0.625. The number of hydrogen-bond donors (Lipinski definition) is 1. The van der Waals surface area contributed by atoms with Gasteiger partial charge in [0.05, 0.1) is 17.4 Å². The van der Waals surface area contributed by atoms with Crippen molar-refractivity contribution >= 4 is 39.1 Å². The fourth-order valence-electron chi connectivity index (χ4n) is 5.22. The third-order valence-corrected chi connectivity index (χ3v) is 8.10. The first-order valence-electron chi connectivity index (χ1n) is 11.8. The van der Waals surface area contributed by atoms with Gasteiger partial charge in [0.2, 0.25) is 0 Å². The number of nitrogens with one attached hydrogen (secondary N) is 1. The molecule has 3 aliphatic carbocycles. The molecule has 0 amide bonds. The molecule has 2 aromatic heterocycles. The van der Waals surface area contributed by atoms with E-state index >= 15 is 4.39 Å². The molecule has 3 aliphatic rings. The summed E-state index contributed by atoms with van der Waals surface area (Å²) in [4.78, 5) is 22.4. The zero-order valence-corrected chi connectivity index (χ0v) is 20.9. The third-order valence-electron chi connectivity index (χ3n) is 6.87. The lowest BCUT2D eigenvalue weighted by Crippen LogP contribution is -2.52. The average molecular weight is 525 g/mol. The number of hydrogen-bond acceptors (Lipinski definition) is 6. The van der Waals surface area contributed by atoms with E-state index in [1.165, 1.54) is 30.6 Å². The first-order chi connectivity index (χ1) is 15.6. The van der Waals surface area contributed by atoms with Crippen LogP contribution >= 0.6 is 27.3 Å². The Morgan fingerprint density at radius 3 is 2.66 bits per heavy atom. The summed E-state index contributed by atoms with van der Waals surface area (Å²) in [6, 6.07) is 3.55. The number of rotatable bonds is 10. The number of halogens is 2. The topological polar surface area (TPSA) is 64.1 Å². The molecular weight excluding hydrogens is 493 g/mol. The standard InChI is InChI=1S/C24H31BrFN3O2S/c1-2-3-4-5-6-13-31-23(30)18-15-9-11-16(12-10-15)20(18)27-22-19(26)21(28-24(25)29-22)17-8-7-14-32-17/h7-8,14-16,18,20H,2-6,9-13H2,1H3,(H,27,28,29)/t15?,16?,18-,20-/m1/s1. The van der Waals surface area contributed by atoms with Gasteiger partial charge in [-0.1, -0.05) is 38.7 Å². The largest absolute Gasteiger partial charge is 0.465 e. The molecule has 0 unspecified atom stereocenters. The highest BCUT2D eigenvalue weighted by atomic mass is 79.9. The SMILES string of the molecule is CCCCCCCOC(=O)[C@@H]1C2CCC(CC2)[C@H]1Nc1nc(Br)nc(-c2cccs2)c1F. The molecule has 0 spiro atoms. The highest BCUT2D eigenvalue weighted by Gasteiger charge is 2.48. The first kappa shape index (κ1) is 23.6. The maximum Gasteiger partial charge on any atom is 0.311 e. The number of unbranched alkanes of at least 4 members (excludes halogenated alkanes) is 4. The smallest absolute Gasteiger partial charge is 0.311 e. The molecule has 0 aliphatic heterocycles. The van der Waals surface area contributed by atoms with Crippen LogP contribution in [0, 0.1) is 23.6 Å². The molecule has 2 bridgehead atoms. The fourth-order valence-corrected chi connectivity index (χ4v) is 6.28. The van der Waals surface area contributed by atoms with Gasteiger partial charge in [0.1, 0.15) is 5.69 Å². The summed E-state index contributed by atoms with van der Waals surface area (Å²) in [5.74, 6) is -0.100. The van der Waals surface area contributed by atoms with Crippen LogP contribution in [0.2, 0.25) is 0 Å². The van der Waals surface area contributed by atoms with Crippen molar-refractivity contribution in [2.24, 2.45) is 17.8 Å². The number of nitrogens with zero attached hydrogens (tertiary/aromatic N) is 2. The molecule has 2 aromatic rings. The molecule has 8 heteroatoms. The van der Waals surface area contributed by atoms with E-state index in [0.29, 0.717) is 17.3 Å². The van der Waals surface area contributed by atoms with E-state index in [1.807, 2.05) is 17.5 Å². The van der Waals surface area contributed by atoms with Gasteiger partial charge in [0.15, 0.2) is 16.4 Å². The van der Waals surface area contributed by atoms with Gasteiger partial charge in [-0.3, -0.25) is 4.79 Å². The minimum atomic E-state index is -0.472. The lowest BCUT2D eigenvalue weighted by molar-refractivity contribution is -0.155. The van der Waals surface area contributed by atoms with Crippen LogP contribution in [0.1, 0.15) is 64.7 Å². The molecule has 2 atom stereocenters. The molecule has 1 N–H and O–H groups in total. The minimum Gasteiger partial charge on any atom is -0.465 e. The van der Waals surface area contributed by atoms with Crippen LogP contribution in [-0.2, 0) is 9.53 Å². The molecule has 0 saturated heterocycles. The normalized spacial score (nSPS) is 24.5. The molecule has 3 fully saturated rings. The Kier molecular flexibility index (Phi) is 8.16. The van der Waals surface area contributed by atoms with Crippen molar-refractivity contribution in [3.05, 3.63) is 28.1 Å². The van der Waals surface area contributed by atoms with Crippen LogP contribution in [0.5, 0.6) is 0 Å². The van der Waals surface area contributed by atoms with Crippen LogP contribution in [0.3, 0.4) is 0 Å². The number of anilines is 1. The highest BCUT2D eigenvalue weighted by molar-refractivity contribution is 9.10. The van der Waals surface area contributed by atoms with Crippen LogP contribution in [-0.4, -0.2) is 28.6 Å². The average Bonchev–Trinajstić information content (AvgIpc) is 3.33. The van der Waals surface area contributed by atoms with Gasteiger partial charge in [-0.05, 0) is 71.3 Å². The van der Waals surface area contributed by atoms with Crippen LogP contribution < -0.4 is 5.32 Å². The van der Waals surface area contributed by atoms with E-state index in [4.69, 9.17) is 4.74 Å². The van der Waals surface area contributed by atoms with Crippen LogP contribution in [0.25, 0.3) is 10.6 Å². The predicted molar refractivity (Wildman–Crippen MR) is 129 cm³/mol. The summed E-state index contributed by atoms with van der Waals surface area (Å²) in [5.41, 5.74) is 0.275. The second-order valence-corrected chi connectivity index (χ2v) is 10.6. The maximum atomic E-state index is 15.4. The van der Waals surface area contributed by atoms with Gasteiger partial charge >= 0.3 is 5.97 Å². The number of carbonyl (C=O) groups excluding carboxylic acids is 1. The Morgan fingerprint density at radius 2 is 1.94 bits per heavy atom. The van der Waals surface area contributed by atoms with Gasteiger partial charge < -0.3 is 10.1 Å². The molecule has 174 valence electrons. The zero-order chi connectivity index (χ0) is 22.5. The predicted octanol–water partition coefficient (Wildman–Crippen LogP) is 6.84. The van der Waals surface area contributed by atoms with E-state index < -0.39 is 5.82 Å². The minimum absolute atomic E-state index is 0.139. The van der Waals surface area contributed by atoms with E-state index in [-0.39, 0.29) is 35.4 Å². The van der Waals surface area contributed by atoms with E-state index in [9.17, 15) is 4.79 Å². The molecule has 5 rings (SSSR count). The summed E-state index contributed by atoms with van der Waals surface area (Å²) in [5, 5.41) is 5.22. The lowest BCUT2D eigenvalue weighted by Gasteiger charge is -2.47. The molecule has 3 saturated carbocycles. The third kappa shape index (κ3) is 5.33. The van der Waals surface area contributed by atoms with Gasteiger partial charge in [-0.15, -0.1) is 11.3 Å². The molecule has 0 radical (unpaired) electrons. The Balaban J connectivity index is 1.48. The van der Waals surface area contributed by atoms with E-state index in [1.54, 1.807) is 0 Å². The number of thiophene rings is 1. The van der Waals surface area contributed by atoms with Gasteiger partial charge in [-0.2, -0.15) is 0 Å². The van der Waals surface area contributed by atoms with Crippen molar-refractivity contribution in [3.8, 4) is 10.6 Å². The maximum absolute atomic E-state index is 15.4. The van der Waals surface area contributed by atoms with Gasteiger partial charge in [-0.25, -0.2) is 14.4 Å². The van der Waals surface area contributed by atoms with Gasteiger partial charge in [0, 0.05) is 6.04 Å². The van der Waals surface area contributed by atoms with Crippen molar-refractivity contribution < 1.29 is 13.9 Å². The zero-order valence-electron chi connectivity index (χ0n) is 18.5. The van der Waals surface area contributed by atoms with Crippen LogP contribution in [0.4, 0.5) is 10.2 Å². The summed E-state index contributed by atoms with van der Waals surface area (Å²) in [6.07, 6.45) is 9.77. The quantitative estimate of drug-likeness (QED) is 0.210. The van der Waals surface area contributed by atoms with Crippen molar-refractivity contribution in [1.29, 1.82) is 0 Å². The number of carbonyl (C=O) groups is 1. The van der Waals surface area contributed by atoms with Crippen molar-refractivity contribution in [2.75, 3.05) is 11.9 Å². The Morgan fingerprint density at radius 1 is 1.19 bits per heavy atom. The summed E-state index contributed by atoms with van der Waals surface area (Å²) >= 11 is 4.76. The van der Waals surface area contributed by atoms with Crippen molar-refractivity contribution in [1.82, 2.24) is 9.97 Å². The second kappa shape index (κ2) is 11.1. The van der Waals surface area contributed by atoms with Crippen LogP contribution in [0.15, 0.2) is 22.2 Å². The van der Waals surface area contributed by atoms with Crippen molar-refractivity contribution in [2.45, 2.75) is 70.8 Å². The Labute approximate surface area is 201 Å². The molecule has 32 heavy (non-hydrogen) atoms. The van der Waals surface area contributed by atoms with Gasteiger partial charge in [0.25, 0.3) is 0 Å². The number of aromatic nitrogens is 2. The second-order valence-electron chi connectivity index (χ2n) is 8.93. The van der Waals surface area contributed by atoms with E-state index in [0.717, 1.165) is 43.4 Å². The highest BCUT2D eigenvalue weighted by Crippen LogP contribution is 2.47. The molecular formula is C24H31BrFN3O2S. The van der Waals surface area contributed by atoms with Crippen molar-refractivity contribution in [3.63, 3.8) is 0 Å². The Hall–Kier alpha value is -1.54. The molecule has 5 nitrogen and oxygen atoms in total. The summed E-state index contributed by atoms with van der Waals surface area (Å²) in [7, 11) is 0. The molecule has 2 heterocycles. The number of esters is 1. The number of fused-ring (bicyclic) bond motifs is 3. The van der Waals surface area contributed by atoms with E-state index in [2.05, 4.69) is 38.1 Å². The summed E-state index contributed by atoms with van der Waals surface area (Å²) < 4.78 is 21.4. The Bertz CT molecular complexity index is 903. The monoisotopic (exact) mass is 523 g/mol. The summed E-state index contributed by atoms with van der Waals surface area (Å²) in [6.45, 7) is 2.66.